The molecule has 4 nitrogen and oxygen atoms in total. The molecule has 2 atom stereocenters. The smallest absolute Gasteiger partial charge is 0.222 e. The number of rotatable bonds is 4. The second kappa shape index (κ2) is 5.32. The van der Waals surface area contributed by atoms with Gasteiger partial charge in [-0.15, -0.1) is 0 Å². The second-order valence-electron chi connectivity index (χ2n) is 4.03. The van der Waals surface area contributed by atoms with Crippen LogP contribution < -0.4 is 5.73 Å². The summed E-state index contributed by atoms with van der Waals surface area (Å²) < 4.78 is 5.20. The number of methoxy groups -OCH3 is 1. The quantitative estimate of drug-likeness (QED) is 0.706. The maximum atomic E-state index is 11.7. The lowest BCUT2D eigenvalue weighted by atomic mass is 10.1. The highest BCUT2D eigenvalue weighted by molar-refractivity contribution is 5.76. The normalized spacial score (nSPS) is 23.9. The van der Waals surface area contributed by atoms with E-state index in [4.69, 9.17) is 10.5 Å². The average molecular weight is 200 g/mol. The van der Waals surface area contributed by atoms with Crippen molar-refractivity contribution in [3.05, 3.63) is 0 Å². The Morgan fingerprint density at radius 3 is 2.93 bits per heavy atom. The molecule has 0 aromatic rings. The molecule has 0 aromatic carbocycles. The summed E-state index contributed by atoms with van der Waals surface area (Å²) in [6.45, 7) is 4.15. The molecule has 1 aliphatic rings. The number of ether oxygens (including phenoxy) is 1. The highest BCUT2D eigenvalue weighted by Gasteiger charge is 2.26. The van der Waals surface area contributed by atoms with Gasteiger partial charge in [0.1, 0.15) is 0 Å². The number of hydrogen-bond acceptors (Lipinski definition) is 3. The number of hydrogen-bond donors (Lipinski definition) is 1. The van der Waals surface area contributed by atoms with E-state index in [2.05, 4.69) is 0 Å². The zero-order valence-corrected chi connectivity index (χ0v) is 9.03. The van der Waals surface area contributed by atoms with E-state index in [1.165, 1.54) is 0 Å². The Kier molecular flexibility index (Phi) is 4.35. The first-order valence-electron chi connectivity index (χ1n) is 5.18. The van der Waals surface area contributed by atoms with Crippen LogP contribution in [0, 0.1) is 5.92 Å². The summed E-state index contributed by atoms with van der Waals surface area (Å²) in [5.74, 6) is 0.492. The predicted molar refractivity (Wildman–Crippen MR) is 54.8 cm³/mol. The van der Waals surface area contributed by atoms with Crippen LogP contribution in [0.5, 0.6) is 0 Å². The molecule has 2 N–H and O–H groups in total. The summed E-state index contributed by atoms with van der Waals surface area (Å²) in [6.07, 6.45) is 1.75. The second-order valence-corrected chi connectivity index (χ2v) is 4.03. The van der Waals surface area contributed by atoms with Crippen molar-refractivity contribution < 1.29 is 9.53 Å². The van der Waals surface area contributed by atoms with Crippen molar-refractivity contribution in [3.63, 3.8) is 0 Å². The maximum absolute atomic E-state index is 11.7. The van der Waals surface area contributed by atoms with Gasteiger partial charge in [0.2, 0.25) is 5.91 Å². The Morgan fingerprint density at radius 2 is 2.43 bits per heavy atom. The molecular weight excluding hydrogens is 180 g/mol. The van der Waals surface area contributed by atoms with Crippen molar-refractivity contribution in [2.45, 2.75) is 25.9 Å². The van der Waals surface area contributed by atoms with E-state index >= 15 is 0 Å². The molecule has 1 heterocycles. The molecule has 1 amide bonds. The van der Waals surface area contributed by atoms with Crippen molar-refractivity contribution in [2.75, 3.05) is 26.7 Å². The van der Waals surface area contributed by atoms with Crippen molar-refractivity contribution in [2.24, 2.45) is 11.7 Å². The molecule has 1 rings (SSSR count). The van der Waals surface area contributed by atoms with E-state index in [1.54, 1.807) is 7.11 Å². The molecule has 0 aliphatic carbocycles. The van der Waals surface area contributed by atoms with Gasteiger partial charge in [0.05, 0.1) is 6.10 Å². The van der Waals surface area contributed by atoms with E-state index in [1.807, 2.05) is 11.8 Å². The molecule has 82 valence electrons. The molecule has 14 heavy (non-hydrogen) atoms. The van der Waals surface area contributed by atoms with Gasteiger partial charge < -0.3 is 15.4 Å². The van der Waals surface area contributed by atoms with Crippen molar-refractivity contribution in [3.8, 4) is 0 Å². The number of carbonyl (C=O) groups is 1. The maximum Gasteiger partial charge on any atom is 0.222 e. The molecule has 1 saturated heterocycles. The Bertz CT molecular complexity index is 197. The van der Waals surface area contributed by atoms with Crippen LogP contribution in [0.1, 0.15) is 19.8 Å². The first kappa shape index (κ1) is 11.5. The van der Waals surface area contributed by atoms with Crippen LogP contribution in [0.15, 0.2) is 0 Å². The van der Waals surface area contributed by atoms with Crippen LogP contribution in [0.25, 0.3) is 0 Å². The SMILES string of the molecule is COC1CCN(C(=O)CC(C)CN)C1. The van der Waals surface area contributed by atoms with Crippen LogP contribution in [0.3, 0.4) is 0 Å². The minimum Gasteiger partial charge on any atom is -0.380 e. The minimum absolute atomic E-state index is 0.211. The zero-order chi connectivity index (χ0) is 10.6. The van der Waals surface area contributed by atoms with Gasteiger partial charge in [0, 0.05) is 26.6 Å². The van der Waals surface area contributed by atoms with Crippen LogP contribution in [0.2, 0.25) is 0 Å². The Morgan fingerprint density at radius 1 is 1.71 bits per heavy atom. The summed E-state index contributed by atoms with van der Waals surface area (Å²) in [5, 5.41) is 0. The number of likely N-dealkylation sites (tertiary alicyclic amines) is 1. The number of nitrogens with two attached hydrogens (primary N) is 1. The standard InChI is InChI=1S/C10H20N2O2/c1-8(6-11)5-10(13)12-4-3-9(7-12)14-2/h8-9H,3-7,11H2,1-2H3. The summed E-state index contributed by atoms with van der Waals surface area (Å²) >= 11 is 0. The molecule has 0 spiro atoms. The van der Waals surface area contributed by atoms with Crippen LogP contribution in [0.4, 0.5) is 0 Å². The predicted octanol–water partition coefficient (Wildman–Crippen LogP) is 0.219. The third-order valence-corrected chi connectivity index (χ3v) is 2.76. The molecular formula is C10H20N2O2. The number of amides is 1. The van der Waals surface area contributed by atoms with Gasteiger partial charge in [-0.3, -0.25) is 4.79 Å². The van der Waals surface area contributed by atoms with Crippen LogP contribution in [-0.4, -0.2) is 43.7 Å². The van der Waals surface area contributed by atoms with Crippen LogP contribution in [-0.2, 0) is 9.53 Å². The summed E-state index contributed by atoms with van der Waals surface area (Å²) in [6, 6.07) is 0. The molecule has 0 bridgehead atoms. The molecule has 1 fully saturated rings. The van der Waals surface area contributed by atoms with Gasteiger partial charge in [-0.05, 0) is 18.9 Å². The van der Waals surface area contributed by atoms with E-state index in [9.17, 15) is 4.79 Å². The minimum atomic E-state index is 0.211. The van der Waals surface area contributed by atoms with Gasteiger partial charge in [0.15, 0.2) is 0 Å². The highest BCUT2D eigenvalue weighted by atomic mass is 16.5. The Labute approximate surface area is 85.4 Å². The molecule has 0 saturated carbocycles. The van der Waals surface area contributed by atoms with Crippen molar-refractivity contribution >= 4 is 5.91 Å². The fourth-order valence-corrected chi connectivity index (χ4v) is 1.66. The highest BCUT2D eigenvalue weighted by Crippen LogP contribution is 2.14. The van der Waals surface area contributed by atoms with Gasteiger partial charge in [0.25, 0.3) is 0 Å². The fourth-order valence-electron chi connectivity index (χ4n) is 1.66. The summed E-state index contributed by atoms with van der Waals surface area (Å²) in [5.41, 5.74) is 5.48. The van der Waals surface area contributed by atoms with Gasteiger partial charge in [-0.1, -0.05) is 6.92 Å². The number of nitrogens with zero attached hydrogens (tertiary/aromatic N) is 1. The first-order chi connectivity index (χ1) is 6.67. The number of carbonyl (C=O) groups excluding carboxylic acids is 1. The van der Waals surface area contributed by atoms with Gasteiger partial charge in [-0.25, -0.2) is 0 Å². The molecule has 2 unspecified atom stereocenters. The zero-order valence-electron chi connectivity index (χ0n) is 9.03. The lowest BCUT2D eigenvalue weighted by Gasteiger charge is -2.18. The molecule has 0 aromatic heterocycles. The fraction of sp³-hybridized carbons (Fsp3) is 0.900. The molecule has 4 heteroatoms. The van der Waals surface area contributed by atoms with Gasteiger partial charge >= 0.3 is 0 Å². The van der Waals surface area contributed by atoms with E-state index in [0.29, 0.717) is 13.0 Å². The summed E-state index contributed by atoms with van der Waals surface area (Å²) in [7, 11) is 1.70. The van der Waals surface area contributed by atoms with E-state index in [-0.39, 0.29) is 17.9 Å². The molecule has 0 radical (unpaired) electrons. The van der Waals surface area contributed by atoms with Gasteiger partial charge in [-0.2, -0.15) is 0 Å². The van der Waals surface area contributed by atoms with Crippen molar-refractivity contribution in [1.82, 2.24) is 4.90 Å². The third kappa shape index (κ3) is 2.96. The Balaban J connectivity index is 2.32. The monoisotopic (exact) mass is 200 g/mol. The topological polar surface area (TPSA) is 55.6 Å². The van der Waals surface area contributed by atoms with Crippen molar-refractivity contribution in [1.29, 1.82) is 0 Å². The third-order valence-electron chi connectivity index (χ3n) is 2.76. The summed E-state index contributed by atoms with van der Waals surface area (Å²) in [4.78, 5) is 13.6. The first-order valence-corrected chi connectivity index (χ1v) is 5.18. The lowest BCUT2D eigenvalue weighted by Crippen LogP contribution is -2.32. The Hall–Kier alpha value is -0.610. The largest absolute Gasteiger partial charge is 0.380 e. The average Bonchev–Trinajstić information content (AvgIpc) is 2.65. The molecule has 1 aliphatic heterocycles. The van der Waals surface area contributed by atoms with E-state index < -0.39 is 0 Å². The van der Waals surface area contributed by atoms with Crippen LogP contribution >= 0.6 is 0 Å². The van der Waals surface area contributed by atoms with E-state index in [0.717, 1.165) is 19.5 Å². The lowest BCUT2D eigenvalue weighted by molar-refractivity contribution is -0.131.